The van der Waals surface area contributed by atoms with Crippen molar-refractivity contribution in [1.29, 1.82) is 0 Å². The Labute approximate surface area is 171 Å². The number of esters is 1. The molecule has 29 heavy (non-hydrogen) atoms. The highest BCUT2D eigenvalue weighted by atomic mass is 32.2. The second kappa shape index (κ2) is 10.9. The molecule has 2 amide bonds. The molecule has 1 saturated heterocycles. The van der Waals surface area contributed by atoms with E-state index in [4.69, 9.17) is 4.74 Å². The fraction of sp³-hybridized carbons (Fsp3) is 0.526. The minimum atomic E-state index is -3.56. The van der Waals surface area contributed by atoms with E-state index >= 15 is 0 Å². The Morgan fingerprint density at radius 3 is 2.28 bits per heavy atom. The summed E-state index contributed by atoms with van der Waals surface area (Å²) in [7, 11) is -3.56. The zero-order valence-electron chi connectivity index (χ0n) is 16.5. The molecule has 0 aliphatic carbocycles. The van der Waals surface area contributed by atoms with Gasteiger partial charge in [0.1, 0.15) is 0 Å². The second-order valence-corrected chi connectivity index (χ2v) is 8.44. The van der Waals surface area contributed by atoms with Crippen LogP contribution in [-0.2, 0) is 29.1 Å². The second-order valence-electron chi connectivity index (χ2n) is 6.50. The Morgan fingerprint density at radius 1 is 1.00 bits per heavy atom. The topological polar surface area (TPSA) is 113 Å². The van der Waals surface area contributed by atoms with Gasteiger partial charge in [0.05, 0.1) is 17.9 Å². The first-order valence-corrected chi connectivity index (χ1v) is 11.0. The third kappa shape index (κ3) is 6.82. The van der Waals surface area contributed by atoms with Crippen molar-refractivity contribution in [1.82, 2.24) is 14.5 Å². The molecule has 2 rings (SSSR count). The molecule has 160 valence electrons. The van der Waals surface area contributed by atoms with Crippen LogP contribution < -0.4 is 5.32 Å². The highest BCUT2D eigenvalue weighted by molar-refractivity contribution is 7.89. The average Bonchev–Trinajstić information content (AvgIpc) is 2.73. The van der Waals surface area contributed by atoms with Crippen molar-refractivity contribution >= 4 is 27.8 Å². The maximum Gasteiger partial charge on any atom is 0.307 e. The molecule has 0 bridgehead atoms. The van der Waals surface area contributed by atoms with Crippen LogP contribution >= 0.6 is 0 Å². The number of hydrogen-bond acceptors (Lipinski definition) is 6. The standard InChI is InChI=1S/C19H27N3O6S/c1-2-28-19(25)10-11-20-17(23)8-9-18(24)21-12-14-22(15-13-21)29(26,27)16-6-4-3-5-7-16/h3-7H,2,8-15H2,1H3,(H,20,23). The SMILES string of the molecule is CCOC(=O)CCNC(=O)CCC(=O)N1CCN(S(=O)(=O)c2ccccc2)CC1. The van der Waals surface area contributed by atoms with Gasteiger partial charge in [-0.3, -0.25) is 14.4 Å². The molecule has 1 N–H and O–H groups in total. The Morgan fingerprint density at radius 2 is 1.66 bits per heavy atom. The Balaban J connectivity index is 1.72. The number of rotatable bonds is 9. The van der Waals surface area contributed by atoms with Crippen molar-refractivity contribution in [3.8, 4) is 0 Å². The summed E-state index contributed by atoms with van der Waals surface area (Å²) < 4.78 is 31.3. The zero-order chi connectivity index (χ0) is 21.3. The summed E-state index contributed by atoms with van der Waals surface area (Å²) in [6.07, 6.45) is 0.145. The number of nitrogens with zero attached hydrogens (tertiary/aromatic N) is 2. The third-order valence-corrected chi connectivity index (χ3v) is 6.41. The summed E-state index contributed by atoms with van der Waals surface area (Å²) in [6, 6.07) is 8.19. The number of carbonyl (C=O) groups is 3. The van der Waals surface area contributed by atoms with Crippen LogP contribution in [0.5, 0.6) is 0 Å². The molecule has 1 aliphatic heterocycles. The molecule has 1 aromatic carbocycles. The van der Waals surface area contributed by atoms with Gasteiger partial charge in [-0.15, -0.1) is 0 Å². The first-order valence-electron chi connectivity index (χ1n) is 9.60. The van der Waals surface area contributed by atoms with Gasteiger partial charge < -0.3 is 15.0 Å². The molecule has 1 aromatic rings. The summed E-state index contributed by atoms with van der Waals surface area (Å²) in [4.78, 5) is 37.1. The van der Waals surface area contributed by atoms with Crippen molar-refractivity contribution in [3.05, 3.63) is 30.3 Å². The van der Waals surface area contributed by atoms with Gasteiger partial charge in [0.2, 0.25) is 21.8 Å². The molecular weight excluding hydrogens is 398 g/mol. The molecule has 0 atom stereocenters. The van der Waals surface area contributed by atoms with Crippen LogP contribution in [0, 0.1) is 0 Å². The van der Waals surface area contributed by atoms with Crippen molar-refractivity contribution < 1.29 is 27.5 Å². The van der Waals surface area contributed by atoms with Crippen molar-refractivity contribution in [2.45, 2.75) is 31.1 Å². The molecule has 1 aliphatic rings. The fourth-order valence-corrected chi connectivity index (χ4v) is 4.37. The minimum absolute atomic E-state index is 0.0180. The van der Waals surface area contributed by atoms with E-state index in [1.807, 2.05) is 0 Å². The molecule has 0 saturated carbocycles. The maximum absolute atomic E-state index is 12.6. The smallest absolute Gasteiger partial charge is 0.307 e. The highest BCUT2D eigenvalue weighted by Crippen LogP contribution is 2.17. The summed E-state index contributed by atoms with van der Waals surface area (Å²) in [5, 5.41) is 2.58. The van der Waals surface area contributed by atoms with Crippen LogP contribution in [0.1, 0.15) is 26.2 Å². The molecule has 0 radical (unpaired) electrons. The van der Waals surface area contributed by atoms with E-state index in [-0.39, 0.29) is 74.7 Å². The molecule has 0 unspecified atom stereocenters. The summed E-state index contributed by atoms with van der Waals surface area (Å²) in [5.74, 6) is -0.887. The van der Waals surface area contributed by atoms with Crippen LogP contribution in [0.3, 0.4) is 0 Å². The van der Waals surface area contributed by atoms with E-state index in [9.17, 15) is 22.8 Å². The van der Waals surface area contributed by atoms with Crippen molar-refractivity contribution in [2.75, 3.05) is 39.3 Å². The number of benzene rings is 1. The van der Waals surface area contributed by atoms with Crippen molar-refractivity contribution in [2.24, 2.45) is 0 Å². The Kier molecular flexibility index (Phi) is 8.59. The van der Waals surface area contributed by atoms with Gasteiger partial charge in [0.15, 0.2) is 0 Å². The highest BCUT2D eigenvalue weighted by Gasteiger charge is 2.29. The van der Waals surface area contributed by atoms with Gasteiger partial charge in [-0.05, 0) is 19.1 Å². The lowest BCUT2D eigenvalue weighted by Gasteiger charge is -2.34. The number of amides is 2. The molecule has 10 heteroatoms. The number of hydrogen-bond donors (Lipinski definition) is 1. The summed E-state index contributed by atoms with van der Waals surface area (Å²) >= 11 is 0. The van der Waals surface area contributed by atoms with Crippen LogP contribution in [0.2, 0.25) is 0 Å². The van der Waals surface area contributed by atoms with E-state index in [1.54, 1.807) is 42.2 Å². The Hall–Kier alpha value is -2.46. The zero-order valence-corrected chi connectivity index (χ0v) is 17.3. The molecule has 0 aromatic heterocycles. The van der Waals surface area contributed by atoms with Gasteiger partial charge in [0.25, 0.3) is 0 Å². The van der Waals surface area contributed by atoms with E-state index in [0.717, 1.165) is 0 Å². The number of sulfonamides is 1. The first kappa shape index (κ1) is 22.8. The summed E-state index contributed by atoms with van der Waals surface area (Å²) in [5.41, 5.74) is 0. The van der Waals surface area contributed by atoms with Gasteiger partial charge in [-0.2, -0.15) is 4.31 Å². The van der Waals surface area contributed by atoms with Crippen LogP contribution in [0.25, 0.3) is 0 Å². The Bertz CT molecular complexity index is 804. The van der Waals surface area contributed by atoms with E-state index in [2.05, 4.69) is 5.32 Å². The molecule has 0 spiro atoms. The number of piperazine rings is 1. The molecule has 1 heterocycles. The largest absolute Gasteiger partial charge is 0.466 e. The number of nitrogens with one attached hydrogen (secondary N) is 1. The van der Waals surface area contributed by atoms with Crippen LogP contribution in [0.15, 0.2) is 35.2 Å². The maximum atomic E-state index is 12.6. The van der Waals surface area contributed by atoms with Crippen LogP contribution in [0.4, 0.5) is 0 Å². The summed E-state index contributed by atoms with van der Waals surface area (Å²) in [6.45, 7) is 3.18. The molecule has 9 nitrogen and oxygen atoms in total. The van der Waals surface area contributed by atoms with E-state index in [0.29, 0.717) is 6.61 Å². The van der Waals surface area contributed by atoms with E-state index in [1.165, 1.54) is 4.31 Å². The number of carbonyl (C=O) groups excluding carboxylic acids is 3. The predicted molar refractivity (Wildman–Crippen MR) is 105 cm³/mol. The predicted octanol–water partition coefficient (Wildman–Crippen LogP) is 0.369. The minimum Gasteiger partial charge on any atom is -0.466 e. The van der Waals surface area contributed by atoms with Crippen molar-refractivity contribution in [3.63, 3.8) is 0 Å². The van der Waals surface area contributed by atoms with Gasteiger partial charge in [-0.25, -0.2) is 8.42 Å². The monoisotopic (exact) mass is 425 g/mol. The van der Waals surface area contributed by atoms with Gasteiger partial charge in [0, 0.05) is 45.6 Å². The molecular formula is C19H27N3O6S. The average molecular weight is 426 g/mol. The van der Waals surface area contributed by atoms with E-state index < -0.39 is 10.0 Å². The molecule has 1 fully saturated rings. The van der Waals surface area contributed by atoms with Gasteiger partial charge >= 0.3 is 5.97 Å². The lowest BCUT2D eigenvalue weighted by Crippen LogP contribution is -2.50. The number of ether oxygens (including phenoxy) is 1. The quantitative estimate of drug-likeness (QED) is 0.572. The first-order chi connectivity index (χ1) is 13.8. The fourth-order valence-electron chi connectivity index (χ4n) is 2.92. The lowest BCUT2D eigenvalue weighted by atomic mass is 10.2. The normalized spacial score (nSPS) is 15.0. The third-order valence-electron chi connectivity index (χ3n) is 4.49. The van der Waals surface area contributed by atoms with Gasteiger partial charge in [-0.1, -0.05) is 18.2 Å². The lowest BCUT2D eigenvalue weighted by molar-refractivity contribution is -0.143. The van der Waals surface area contributed by atoms with Crippen LogP contribution in [-0.4, -0.2) is 74.7 Å².